The van der Waals surface area contributed by atoms with Crippen LogP contribution in [0.15, 0.2) is 84.1 Å². The number of methoxy groups -OCH3 is 2. The third-order valence-corrected chi connectivity index (χ3v) is 6.21. The van der Waals surface area contributed by atoms with Gasteiger partial charge in [0.25, 0.3) is 5.91 Å². The Morgan fingerprint density at radius 1 is 1.03 bits per heavy atom. The minimum absolute atomic E-state index is 0.268. The van der Waals surface area contributed by atoms with Gasteiger partial charge in [0, 0.05) is 27.5 Å². The molecule has 1 aliphatic rings. The van der Waals surface area contributed by atoms with E-state index in [1.54, 1.807) is 31.0 Å². The van der Waals surface area contributed by atoms with Crippen molar-refractivity contribution >= 4 is 29.1 Å². The first-order valence-electron chi connectivity index (χ1n) is 11.3. The lowest BCUT2D eigenvalue weighted by Gasteiger charge is -2.29. The highest BCUT2D eigenvalue weighted by Gasteiger charge is 2.36. The van der Waals surface area contributed by atoms with Crippen LogP contribution < -0.4 is 20.1 Å². The Kier molecular flexibility index (Phi) is 6.35. The van der Waals surface area contributed by atoms with Crippen LogP contribution in [0.1, 0.15) is 18.5 Å². The molecule has 1 amide bonds. The van der Waals surface area contributed by atoms with E-state index >= 15 is 0 Å². The highest BCUT2D eigenvalue weighted by Crippen LogP contribution is 2.41. The molecule has 1 aliphatic heterocycles. The zero-order chi connectivity index (χ0) is 25.2. The van der Waals surface area contributed by atoms with Crippen molar-refractivity contribution in [3.05, 3.63) is 94.7 Å². The van der Waals surface area contributed by atoms with Gasteiger partial charge in [-0.15, -0.1) is 5.10 Å². The average Bonchev–Trinajstić information content (AvgIpc) is 3.32. The van der Waals surface area contributed by atoms with Crippen molar-refractivity contribution in [2.24, 2.45) is 0 Å². The zero-order valence-corrected chi connectivity index (χ0v) is 20.7. The molecule has 9 heteroatoms. The molecular weight excluding hydrogens is 478 g/mol. The number of benzene rings is 3. The number of carbonyl (C=O) groups is 1. The Morgan fingerprint density at radius 2 is 1.78 bits per heavy atom. The number of halogens is 1. The van der Waals surface area contributed by atoms with Crippen LogP contribution in [0.2, 0.25) is 5.02 Å². The van der Waals surface area contributed by atoms with Gasteiger partial charge in [-0.2, -0.15) is 4.98 Å². The molecule has 1 atom stereocenters. The zero-order valence-electron chi connectivity index (χ0n) is 19.9. The number of hydrogen-bond acceptors (Lipinski definition) is 6. The molecule has 1 aromatic heterocycles. The van der Waals surface area contributed by atoms with Gasteiger partial charge in [0.05, 0.1) is 19.8 Å². The second-order valence-electron chi connectivity index (χ2n) is 8.20. The number of rotatable bonds is 6. The molecule has 0 saturated heterocycles. The van der Waals surface area contributed by atoms with Crippen molar-refractivity contribution in [2.45, 2.75) is 13.0 Å². The minimum Gasteiger partial charge on any atom is -0.497 e. The summed E-state index contributed by atoms with van der Waals surface area (Å²) in [7, 11) is 3.19. The Hall–Kier alpha value is -4.30. The Bertz CT molecular complexity index is 1450. The topological polar surface area (TPSA) is 90.3 Å². The molecule has 3 aromatic carbocycles. The number of carbonyl (C=O) groups excluding carboxylic acids is 1. The van der Waals surface area contributed by atoms with Gasteiger partial charge in [-0.1, -0.05) is 29.8 Å². The number of para-hydroxylation sites is 1. The summed E-state index contributed by atoms with van der Waals surface area (Å²) in [6.45, 7) is 1.85. The number of fused-ring (bicyclic) bond motifs is 1. The van der Waals surface area contributed by atoms with Gasteiger partial charge in [0.1, 0.15) is 17.5 Å². The molecule has 182 valence electrons. The van der Waals surface area contributed by atoms with E-state index in [0.717, 1.165) is 5.56 Å². The number of amides is 1. The van der Waals surface area contributed by atoms with Crippen LogP contribution in [0.25, 0.3) is 11.4 Å². The van der Waals surface area contributed by atoms with Crippen LogP contribution >= 0.6 is 11.6 Å². The third-order valence-electron chi connectivity index (χ3n) is 5.96. The lowest BCUT2D eigenvalue weighted by atomic mass is 9.94. The predicted molar refractivity (Wildman–Crippen MR) is 140 cm³/mol. The maximum Gasteiger partial charge on any atom is 0.255 e. The summed E-state index contributed by atoms with van der Waals surface area (Å²) in [6.07, 6.45) is 0. The fourth-order valence-electron chi connectivity index (χ4n) is 4.23. The van der Waals surface area contributed by atoms with E-state index in [0.29, 0.717) is 50.8 Å². The molecule has 0 aliphatic carbocycles. The van der Waals surface area contributed by atoms with E-state index in [4.69, 9.17) is 31.2 Å². The molecular formula is C27H24ClN5O3. The normalized spacial score (nSPS) is 14.6. The number of anilines is 2. The molecule has 4 aromatic rings. The first kappa shape index (κ1) is 23.4. The van der Waals surface area contributed by atoms with E-state index in [1.165, 1.54) is 0 Å². The number of aromatic nitrogens is 3. The Labute approximate surface area is 213 Å². The van der Waals surface area contributed by atoms with Crippen LogP contribution in [0, 0.1) is 0 Å². The highest BCUT2D eigenvalue weighted by molar-refractivity contribution is 6.30. The van der Waals surface area contributed by atoms with Crippen LogP contribution in [-0.4, -0.2) is 34.9 Å². The van der Waals surface area contributed by atoms with Gasteiger partial charge in [-0.3, -0.25) is 4.79 Å². The second kappa shape index (κ2) is 9.75. The molecule has 2 heterocycles. The lowest BCUT2D eigenvalue weighted by Crippen LogP contribution is -2.31. The van der Waals surface area contributed by atoms with Gasteiger partial charge >= 0.3 is 0 Å². The van der Waals surface area contributed by atoms with Gasteiger partial charge in [0.15, 0.2) is 5.82 Å². The highest BCUT2D eigenvalue weighted by atomic mass is 35.5. The van der Waals surface area contributed by atoms with Crippen LogP contribution in [0.5, 0.6) is 11.5 Å². The molecule has 0 fully saturated rings. The van der Waals surface area contributed by atoms with Crippen molar-refractivity contribution in [1.29, 1.82) is 0 Å². The van der Waals surface area contributed by atoms with Crippen molar-refractivity contribution in [3.8, 4) is 22.9 Å². The van der Waals surface area contributed by atoms with Crippen LogP contribution in [-0.2, 0) is 4.79 Å². The fourth-order valence-corrected chi connectivity index (χ4v) is 4.35. The largest absolute Gasteiger partial charge is 0.497 e. The third kappa shape index (κ3) is 4.38. The van der Waals surface area contributed by atoms with Crippen LogP contribution in [0.4, 0.5) is 11.6 Å². The van der Waals surface area contributed by atoms with Crippen LogP contribution in [0.3, 0.4) is 0 Å². The standard InChI is InChI=1S/C27H24ClN5O3/c1-16-23(26(34)30-19-7-5-4-6-8-19)24(21-15-20(35-2)13-14-22(21)36-3)33-27(29-16)31-25(32-33)17-9-11-18(28)12-10-17/h4-15,24H,1-3H3,(H,30,34)(H,29,31,32). The Balaban J connectivity index is 1.66. The molecule has 2 N–H and O–H groups in total. The average molecular weight is 502 g/mol. The molecule has 0 radical (unpaired) electrons. The van der Waals surface area contributed by atoms with Crippen molar-refractivity contribution in [2.75, 3.05) is 24.9 Å². The molecule has 8 nitrogen and oxygen atoms in total. The first-order chi connectivity index (χ1) is 17.5. The summed E-state index contributed by atoms with van der Waals surface area (Å²) in [5, 5.41) is 11.7. The van der Waals surface area contributed by atoms with E-state index in [2.05, 4.69) is 10.6 Å². The maximum atomic E-state index is 13.7. The quantitative estimate of drug-likeness (QED) is 0.360. The summed E-state index contributed by atoms with van der Waals surface area (Å²) < 4.78 is 12.9. The molecule has 0 spiro atoms. The SMILES string of the molecule is COc1ccc(OC)c(C2C(C(=O)Nc3ccccc3)=C(C)Nc3nc(-c4ccc(Cl)cc4)nn32)c1. The van der Waals surface area contributed by atoms with E-state index < -0.39 is 6.04 Å². The summed E-state index contributed by atoms with van der Waals surface area (Å²) in [6, 6.07) is 21.4. The predicted octanol–water partition coefficient (Wildman–Crippen LogP) is 5.54. The van der Waals surface area contributed by atoms with Gasteiger partial charge < -0.3 is 20.1 Å². The summed E-state index contributed by atoms with van der Waals surface area (Å²) in [5.74, 6) is 1.96. The fraction of sp³-hybridized carbons (Fsp3) is 0.148. The second-order valence-corrected chi connectivity index (χ2v) is 8.64. The summed E-state index contributed by atoms with van der Waals surface area (Å²) in [4.78, 5) is 18.4. The van der Waals surface area contributed by atoms with Gasteiger partial charge in [-0.25, -0.2) is 4.68 Å². The van der Waals surface area contributed by atoms with E-state index in [1.807, 2.05) is 67.6 Å². The summed E-state index contributed by atoms with van der Waals surface area (Å²) in [5.41, 5.74) is 3.33. The molecule has 0 saturated carbocycles. The number of hydrogen-bond donors (Lipinski definition) is 2. The monoisotopic (exact) mass is 501 g/mol. The molecule has 0 bridgehead atoms. The smallest absolute Gasteiger partial charge is 0.255 e. The number of nitrogens with one attached hydrogen (secondary N) is 2. The number of nitrogens with zero attached hydrogens (tertiary/aromatic N) is 3. The number of ether oxygens (including phenoxy) is 2. The van der Waals surface area contributed by atoms with Crippen molar-refractivity contribution in [1.82, 2.24) is 14.8 Å². The lowest BCUT2D eigenvalue weighted by molar-refractivity contribution is -0.113. The van der Waals surface area contributed by atoms with E-state index in [-0.39, 0.29) is 5.91 Å². The minimum atomic E-state index is -0.636. The Morgan fingerprint density at radius 3 is 2.47 bits per heavy atom. The molecule has 5 rings (SSSR count). The van der Waals surface area contributed by atoms with Gasteiger partial charge in [-0.05, 0) is 61.5 Å². The maximum absolute atomic E-state index is 13.7. The molecule has 1 unspecified atom stereocenters. The summed E-state index contributed by atoms with van der Waals surface area (Å²) >= 11 is 6.07. The molecule has 36 heavy (non-hydrogen) atoms. The van der Waals surface area contributed by atoms with Gasteiger partial charge in [0.2, 0.25) is 5.95 Å². The van der Waals surface area contributed by atoms with Crippen molar-refractivity contribution in [3.63, 3.8) is 0 Å². The first-order valence-corrected chi connectivity index (χ1v) is 11.6. The van der Waals surface area contributed by atoms with Crippen molar-refractivity contribution < 1.29 is 14.3 Å². The number of allylic oxidation sites excluding steroid dienone is 1. The van der Waals surface area contributed by atoms with E-state index in [9.17, 15) is 4.79 Å².